The van der Waals surface area contributed by atoms with E-state index in [0.29, 0.717) is 18.7 Å². The molecule has 112 valence electrons. The van der Waals surface area contributed by atoms with E-state index < -0.39 is 10.0 Å². The Hall–Kier alpha value is -1.92. The summed E-state index contributed by atoms with van der Waals surface area (Å²) >= 11 is 0. The molecule has 6 heteroatoms. The number of aromatic nitrogens is 1. The third-order valence-electron chi connectivity index (χ3n) is 3.20. The summed E-state index contributed by atoms with van der Waals surface area (Å²) in [5.41, 5.74) is 8.42. The zero-order valence-corrected chi connectivity index (χ0v) is 12.9. The SMILES string of the molecule is CCc1ccc(CN)cc1S(=O)(=O)Nc1ccc(C)nc1. The van der Waals surface area contributed by atoms with Gasteiger partial charge < -0.3 is 5.73 Å². The van der Waals surface area contributed by atoms with E-state index in [0.717, 1.165) is 16.8 Å². The van der Waals surface area contributed by atoms with Gasteiger partial charge in [0.05, 0.1) is 16.8 Å². The molecule has 0 aliphatic rings. The van der Waals surface area contributed by atoms with Gasteiger partial charge in [-0.15, -0.1) is 0 Å². The zero-order valence-electron chi connectivity index (χ0n) is 12.1. The highest BCUT2D eigenvalue weighted by Crippen LogP contribution is 2.21. The van der Waals surface area contributed by atoms with E-state index in [2.05, 4.69) is 9.71 Å². The molecule has 0 aliphatic heterocycles. The van der Waals surface area contributed by atoms with E-state index in [1.54, 1.807) is 18.2 Å². The molecule has 1 aromatic heterocycles. The van der Waals surface area contributed by atoms with Crippen LogP contribution in [0.3, 0.4) is 0 Å². The van der Waals surface area contributed by atoms with E-state index in [1.807, 2.05) is 26.0 Å². The molecule has 0 saturated carbocycles. The third kappa shape index (κ3) is 3.59. The first-order chi connectivity index (χ1) is 9.96. The first kappa shape index (κ1) is 15.5. The van der Waals surface area contributed by atoms with Crippen molar-refractivity contribution in [1.29, 1.82) is 0 Å². The highest BCUT2D eigenvalue weighted by molar-refractivity contribution is 7.92. The van der Waals surface area contributed by atoms with Gasteiger partial charge in [0.2, 0.25) is 0 Å². The second-order valence-electron chi connectivity index (χ2n) is 4.79. The largest absolute Gasteiger partial charge is 0.326 e. The molecule has 0 fully saturated rings. The van der Waals surface area contributed by atoms with Crippen molar-refractivity contribution in [2.75, 3.05) is 4.72 Å². The zero-order chi connectivity index (χ0) is 15.5. The number of hydrogen-bond acceptors (Lipinski definition) is 4. The molecule has 2 rings (SSSR count). The second-order valence-corrected chi connectivity index (χ2v) is 6.44. The molecule has 21 heavy (non-hydrogen) atoms. The minimum atomic E-state index is -3.65. The molecule has 3 N–H and O–H groups in total. The van der Waals surface area contributed by atoms with Crippen LogP contribution in [-0.4, -0.2) is 13.4 Å². The molecular weight excluding hydrogens is 286 g/mol. The topological polar surface area (TPSA) is 85.1 Å². The number of hydrogen-bond donors (Lipinski definition) is 2. The van der Waals surface area contributed by atoms with Crippen molar-refractivity contribution in [3.8, 4) is 0 Å². The van der Waals surface area contributed by atoms with Gasteiger partial charge in [-0.05, 0) is 42.7 Å². The Labute approximate surface area is 125 Å². The summed E-state index contributed by atoms with van der Waals surface area (Å²) in [5.74, 6) is 0. The number of sulfonamides is 1. The minimum Gasteiger partial charge on any atom is -0.326 e. The molecule has 0 aliphatic carbocycles. The van der Waals surface area contributed by atoms with Gasteiger partial charge in [0.1, 0.15) is 0 Å². The number of aryl methyl sites for hydroxylation is 2. The number of nitrogens with two attached hydrogens (primary N) is 1. The van der Waals surface area contributed by atoms with Crippen molar-refractivity contribution in [2.24, 2.45) is 5.73 Å². The van der Waals surface area contributed by atoms with Crippen molar-refractivity contribution in [2.45, 2.75) is 31.7 Å². The van der Waals surface area contributed by atoms with Gasteiger partial charge in [0, 0.05) is 12.2 Å². The third-order valence-corrected chi connectivity index (χ3v) is 4.66. The van der Waals surface area contributed by atoms with E-state index in [4.69, 9.17) is 5.73 Å². The number of benzene rings is 1. The molecule has 2 aromatic rings. The fraction of sp³-hybridized carbons (Fsp3) is 0.267. The molecule has 0 atom stereocenters. The summed E-state index contributed by atoms with van der Waals surface area (Å²) in [7, 11) is -3.65. The number of anilines is 1. The summed E-state index contributed by atoms with van der Waals surface area (Å²) in [6.07, 6.45) is 2.14. The van der Waals surface area contributed by atoms with Crippen LogP contribution in [0.5, 0.6) is 0 Å². The lowest BCUT2D eigenvalue weighted by Gasteiger charge is -2.12. The van der Waals surface area contributed by atoms with Gasteiger partial charge in [-0.1, -0.05) is 19.1 Å². The predicted octanol–water partition coefficient (Wildman–Crippen LogP) is 2.21. The smallest absolute Gasteiger partial charge is 0.262 e. The first-order valence-electron chi connectivity index (χ1n) is 6.73. The van der Waals surface area contributed by atoms with Crippen molar-refractivity contribution in [3.05, 3.63) is 53.3 Å². The number of pyridine rings is 1. The summed E-state index contributed by atoms with van der Waals surface area (Å²) in [4.78, 5) is 4.36. The van der Waals surface area contributed by atoms with Crippen LogP contribution in [0, 0.1) is 6.92 Å². The Kier molecular flexibility index (Phi) is 4.59. The second kappa shape index (κ2) is 6.24. The normalized spacial score (nSPS) is 11.4. The predicted molar refractivity (Wildman–Crippen MR) is 83.5 cm³/mol. The summed E-state index contributed by atoms with van der Waals surface area (Å²) in [6.45, 7) is 4.07. The Bertz CT molecular complexity index is 725. The monoisotopic (exact) mass is 305 g/mol. The lowest BCUT2D eigenvalue weighted by Crippen LogP contribution is -2.16. The van der Waals surface area contributed by atoms with E-state index in [9.17, 15) is 8.42 Å². The quantitative estimate of drug-likeness (QED) is 0.887. The fourth-order valence-electron chi connectivity index (χ4n) is 2.01. The highest BCUT2D eigenvalue weighted by atomic mass is 32.2. The summed E-state index contributed by atoms with van der Waals surface area (Å²) < 4.78 is 27.7. The minimum absolute atomic E-state index is 0.272. The molecule has 0 amide bonds. The highest BCUT2D eigenvalue weighted by Gasteiger charge is 2.18. The van der Waals surface area contributed by atoms with Crippen molar-refractivity contribution in [1.82, 2.24) is 4.98 Å². The Morgan fingerprint density at radius 2 is 2.00 bits per heavy atom. The number of nitrogens with zero attached hydrogens (tertiary/aromatic N) is 1. The first-order valence-corrected chi connectivity index (χ1v) is 8.22. The Balaban J connectivity index is 2.41. The van der Waals surface area contributed by atoms with Crippen LogP contribution in [0.1, 0.15) is 23.7 Å². The van der Waals surface area contributed by atoms with Gasteiger partial charge in [-0.25, -0.2) is 8.42 Å². The summed E-state index contributed by atoms with van der Waals surface area (Å²) in [6, 6.07) is 8.74. The van der Waals surface area contributed by atoms with E-state index in [-0.39, 0.29) is 4.90 Å². The van der Waals surface area contributed by atoms with Gasteiger partial charge in [-0.2, -0.15) is 0 Å². The van der Waals surface area contributed by atoms with Gasteiger partial charge >= 0.3 is 0 Å². The standard InChI is InChI=1S/C15H19N3O2S/c1-3-13-6-5-12(9-16)8-15(13)21(19,20)18-14-7-4-11(2)17-10-14/h4-8,10,18H,3,9,16H2,1-2H3. The van der Waals surface area contributed by atoms with E-state index >= 15 is 0 Å². The Morgan fingerprint density at radius 3 is 2.57 bits per heavy atom. The Morgan fingerprint density at radius 1 is 1.24 bits per heavy atom. The van der Waals surface area contributed by atoms with Crippen molar-refractivity contribution < 1.29 is 8.42 Å². The molecule has 1 heterocycles. The van der Waals surface area contributed by atoms with Gasteiger partial charge in [0.25, 0.3) is 10.0 Å². The maximum atomic E-state index is 12.6. The van der Waals surface area contributed by atoms with E-state index in [1.165, 1.54) is 6.20 Å². The van der Waals surface area contributed by atoms with Gasteiger partial charge in [0.15, 0.2) is 0 Å². The van der Waals surface area contributed by atoms with Crippen molar-refractivity contribution in [3.63, 3.8) is 0 Å². The lowest BCUT2D eigenvalue weighted by molar-refractivity contribution is 0.600. The summed E-state index contributed by atoms with van der Waals surface area (Å²) in [5, 5.41) is 0. The number of nitrogens with one attached hydrogen (secondary N) is 1. The molecule has 0 unspecified atom stereocenters. The van der Waals surface area contributed by atoms with Crippen molar-refractivity contribution >= 4 is 15.7 Å². The van der Waals surface area contributed by atoms with Gasteiger partial charge in [-0.3, -0.25) is 9.71 Å². The molecular formula is C15H19N3O2S. The molecule has 0 bridgehead atoms. The molecule has 1 aromatic carbocycles. The van der Waals surface area contributed by atoms with Crippen LogP contribution < -0.4 is 10.5 Å². The average Bonchev–Trinajstić information content (AvgIpc) is 2.48. The van der Waals surface area contributed by atoms with Crippen LogP contribution >= 0.6 is 0 Å². The fourth-order valence-corrected chi connectivity index (χ4v) is 3.41. The van der Waals surface area contributed by atoms with Crippen LogP contribution in [0.2, 0.25) is 0 Å². The maximum absolute atomic E-state index is 12.6. The van der Waals surface area contributed by atoms with Crippen LogP contribution in [-0.2, 0) is 23.0 Å². The lowest BCUT2D eigenvalue weighted by atomic mass is 10.1. The van der Waals surface area contributed by atoms with Crippen LogP contribution in [0.15, 0.2) is 41.4 Å². The van der Waals surface area contributed by atoms with Crippen LogP contribution in [0.25, 0.3) is 0 Å². The average molecular weight is 305 g/mol. The molecule has 0 radical (unpaired) electrons. The maximum Gasteiger partial charge on any atom is 0.262 e. The number of rotatable bonds is 5. The molecule has 0 spiro atoms. The van der Waals surface area contributed by atoms with Crippen LogP contribution in [0.4, 0.5) is 5.69 Å². The molecule has 0 saturated heterocycles. The molecule has 5 nitrogen and oxygen atoms in total.